The predicted octanol–water partition coefficient (Wildman–Crippen LogP) is 3.10. The van der Waals surface area contributed by atoms with Gasteiger partial charge in [-0.25, -0.2) is 0 Å². The third-order valence-corrected chi connectivity index (χ3v) is 1.81. The molecule has 1 rings (SSSR count). The maximum absolute atomic E-state index is 11.9. The van der Waals surface area contributed by atoms with E-state index in [4.69, 9.17) is 0 Å². The summed E-state index contributed by atoms with van der Waals surface area (Å²) in [5, 5.41) is 0. The normalized spacial score (nSPS) is 11.3. The fraction of sp³-hybridized carbons (Fsp3) is 0.300. The minimum atomic E-state index is -4.71. The highest BCUT2D eigenvalue weighted by Crippen LogP contribution is 2.26. The molecular formula is C10H9F3O2. The summed E-state index contributed by atoms with van der Waals surface area (Å²) in [4.78, 5) is 10.9. The van der Waals surface area contributed by atoms with Crippen LogP contribution >= 0.6 is 0 Å². The van der Waals surface area contributed by atoms with Crippen LogP contribution in [0.3, 0.4) is 0 Å². The average Bonchev–Trinajstić information content (AvgIpc) is 2.05. The van der Waals surface area contributed by atoms with Crippen LogP contribution in [0.2, 0.25) is 0 Å². The average molecular weight is 218 g/mol. The van der Waals surface area contributed by atoms with Crippen molar-refractivity contribution in [2.24, 2.45) is 0 Å². The molecule has 0 radical (unpaired) electrons. The van der Waals surface area contributed by atoms with Crippen LogP contribution < -0.4 is 4.74 Å². The Bertz CT molecular complexity index is 383. The third-order valence-electron chi connectivity index (χ3n) is 1.81. The van der Waals surface area contributed by atoms with E-state index in [-0.39, 0.29) is 17.1 Å². The lowest BCUT2D eigenvalue weighted by Crippen LogP contribution is -2.17. The van der Waals surface area contributed by atoms with Crippen molar-refractivity contribution in [1.82, 2.24) is 0 Å². The van der Waals surface area contributed by atoms with Crippen molar-refractivity contribution in [1.29, 1.82) is 0 Å². The molecule has 1 aromatic carbocycles. The largest absolute Gasteiger partial charge is 0.573 e. The SMILES string of the molecule is CC(=O)c1ccc(OC(F)(F)F)c(C)c1. The van der Waals surface area contributed by atoms with Gasteiger partial charge in [-0.3, -0.25) is 4.79 Å². The van der Waals surface area contributed by atoms with Gasteiger partial charge in [0.1, 0.15) is 5.75 Å². The zero-order chi connectivity index (χ0) is 11.6. The van der Waals surface area contributed by atoms with Crippen LogP contribution in [0.15, 0.2) is 18.2 Å². The lowest BCUT2D eigenvalue weighted by molar-refractivity contribution is -0.274. The smallest absolute Gasteiger partial charge is 0.406 e. The van der Waals surface area contributed by atoms with E-state index in [0.29, 0.717) is 5.56 Å². The molecule has 15 heavy (non-hydrogen) atoms. The first kappa shape index (κ1) is 11.6. The highest BCUT2D eigenvalue weighted by Gasteiger charge is 2.31. The number of benzene rings is 1. The number of hydrogen-bond donors (Lipinski definition) is 0. The van der Waals surface area contributed by atoms with Crippen molar-refractivity contribution in [2.45, 2.75) is 20.2 Å². The van der Waals surface area contributed by atoms with Gasteiger partial charge in [0, 0.05) is 5.56 Å². The summed E-state index contributed by atoms with van der Waals surface area (Å²) in [6.45, 7) is 2.80. The van der Waals surface area contributed by atoms with Gasteiger partial charge in [-0.1, -0.05) is 0 Å². The first-order valence-electron chi connectivity index (χ1n) is 4.17. The Balaban J connectivity index is 2.99. The van der Waals surface area contributed by atoms with Crippen molar-refractivity contribution in [3.05, 3.63) is 29.3 Å². The Hall–Kier alpha value is -1.52. The summed E-state index contributed by atoms with van der Waals surface area (Å²) in [6.07, 6.45) is -4.71. The molecule has 0 saturated carbocycles. The van der Waals surface area contributed by atoms with Gasteiger partial charge >= 0.3 is 6.36 Å². The maximum Gasteiger partial charge on any atom is 0.573 e. The Morgan fingerprint density at radius 3 is 2.33 bits per heavy atom. The standard InChI is InChI=1S/C10H9F3O2/c1-6-5-8(7(2)14)3-4-9(6)15-10(11,12)13/h3-5H,1-2H3. The zero-order valence-corrected chi connectivity index (χ0v) is 8.18. The highest BCUT2D eigenvalue weighted by atomic mass is 19.4. The van der Waals surface area contributed by atoms with Gasteiger partial charge in [-0.05, 0) is 37.6 Å². The van der Waals surface area contributed by atoms with Gasteiger partial charge in [0.25, 0.3) is 0 Å². The van der Waals surface area contributed by atoms with Crippen molar-refractivity contribution in [3.63, 3.8) is 0 Å². The molecule has 0 bridgehead atoms. The van der Waals surface area contributed by atoms with Crippen LogP contribution in [-0.4, -0.2) is 12.1 Å². The highest BCUT2D eigenvalue weighted by molar-refractivity contribution is 5.94. The fourth-order valence-electron chi connectivity index (χ4n) is 1.11. The molecule has 2 nitrogen and oxygen atoms in total. The first-order chi connectivity index (χ1) is 6.79. The summed E-state index contributed by atoms with van der Waals surface area (Å²) in [5.41, 5.74) is 0.641. The van der Waals surface area contributed by atoms with Gasteiger partial charge < -0.3 is 4.74 Å². The molecule has 0 heterocycles. The van der Waals surface area contributed by atoms with E-state index >= 15 is 0 Å². The molecule has 0 aliphatic heterocycles. The van der Waals surface area contributed by atoms with Crippen molar-refractivity contribution in [3.8, 4) is 5.75 Å². The molecule has 0 aliphatic carbocycles. The van der Waals surface area contributed by atoms with Crippen LogP contribution in [0.1, 0.15) is 22.8 Å². The van der Waals surface area contributed by atoms with Gasteiger partial charge in [-0.2, -0.15) is 0 Å². The molecule has 0 spiro atoms. The molecule has 82 valence electrons. The van der Waals surface area contributed by atoms with Crippen molar-refractivity contribution >= 4 is 5.78 Å². The number of halogens is 3. The molecule has 0 amide bonds. The molecular weight excluding hydrogens is 209 g/mol. The number of rotatable bonds is 2. The minimum absolute atomic E-state index is 0.198. The number of Topliss-reactive ketones (excluding diaryl/α,β-unsaturated/α-hetero) is 1. The topological polar surface area (TPSA) is 26.3 Å². The van der Waals surface area contributed by atoms with Crippen LogP contribution in [0.5, 0.6) is 5.75 Å². The molecule has 5 heteroatoms. The summed E-state index contributed by atoms with van der Waals surface area (Å²) in [6, 6.07) is 3.80. The molecule has 0 saturated heterocycles. The van der Waals surface area contributed by atoms with Crippen molar-refractivity contribution < 1.29 is 22.7 Å². The van der Waals surface area contributed by atoms with E-state index in [1.54, 1.807) is 0 Å². The van der Waals surface area contributed by atoms with Gasteiger partial charge in [0.2, 0.25) is 0 Å². The number of aryl methyl sites for hydroxylation is 1. The molecule has 0 atom stereocenters. The number of alkyl halides is 3. The van der Waals surface area contributed by atoms with E-state index in [1.165, 1.54) is 26.0 Å². The second-order valence-electron chi connectivity index (χ2n) is 3.08. The monoisotopic (exact) mass is 218 g/mol. The Labute approximate surface area is 84.7 Å². The number of ketones is 1. The molecule has 0 aliphatic rings. The number of hydrogen-bond acceptors (Lipinski definition) is 2. The summed E-state index contributed by atoms with van der Waals surface area (Å²) in [7, 11) is 0. The van der Waals surface area contributed by atoms with E-state index < -0.39 is 6.36 Å². The molecule has 0 aromatic heterocycles. The van der Waals surface area contributed by atoms with Crippen LogP contribution in [0, 0.1) is 6.92 Å². The van der Waals surface area contributed by atoms with Crippen LogP contribution in [0.25, 0.3) is 0 Å². The van der Waals surface area contributed by atoms with Gasteiger partial charge in [-0.15, -0.1) is 13.2 Å². The summed E-state index contributed by atoms with van der Waals surface area (Å²) in [5.74, 6) is -0.482. The molecule has 1 aromatic rings. The number of ether oxygens (including phenoxy) is 1. The second kappa shape index (κ2) is 3.92. The number of carbonyl (C=O) groups excluding carboxylic acids is 1. The minimum Gasteiger partial charge on any atom is -0.406 e. The van der Waals surface area contributed by atoms with Gasteiger partial charge in [0.05, 0.1) is 0 Å². The van der Waals surface area contributed by atoms with E-state index in [0.717, 1.165) is 6.07 Å². The van der Waals surface area contributed by atoms with E-state index in [9.17, 15) is 18.0 Å². The lowest BCUT2D eigenvalue weighted by Gasteiger charge is -2.11. The lowest BCUT2D eigenvalue weighted by atomic mass is 10.1. The molecule has 0 N–H and O–H groups in total. The second-order valence-corrected chi connectivity index (χ2v) is 3.08. The van der Waals surface area contributed by atoms with Gasteiger partial charge in [0.15, 0.2) is 5.78 Å². The maximum atomic E-state index is 11.9. The third kappa shape index (κ3) is 3.27. The zero-order valence-electron chi connectivity index (χ0n) is 8.18. The van der Waals surface area contributed by atoms with E-state index in [2.05, 4.69) is 4.74 Å². The molecule has 0 unspecified atom stereocenters. The van der Waals surface area contributed by atoms with Crippen molar-refractivity contribution in [2.75, 3.05) is 0 Å². The Morgan fingerprint density at radius 2 is 1.93 bits per heavy atom. The first-order valence-corrected chi connectivity index (χ1v) is 4.17. The summed E-state index contributed by atoms with van der Waals surface area (Å²) >= 11 is 0. The number of carbonyl (C=O) groups is 1. The predicted molar refractivity (Wildman–Crippen MR) is 47.9 cm³/mol. The Kier molecular flexibility index (Phi) is 3.02. The summed E-state index contributed by atoms with van der Waals surface area (Å²) < 4.78 is 39.4. The quantitative estimate of drug-likeness (QED) is 0.713. The molecule has 0 fully saturated rings. The van der Waals surface area contributed by atoms with Crippen LogP contribution in [-0.2, 0) is 0 Å². The van der Waals surface area contributed by atoms with E-state index in [1.807, 2.05) is 0 Å². The Morgan fingerprint density at radius 1 is 1.33 bits per heavy atom. The van der Waals surface area contributed by atoms with Crippen LogP contribution in [0.4, 0.5) is 13.2 Å². The fourth-order valence-corrected chi connectivity index (χ4v) is 1.11.